The molecule has 1 spiro atoms. The summed E-state index contributed by atoms with van der Waals surface area (Å²) in [6.07, 6.45) is 4.66. The van der Waals surface area contributed by atoms with Crippen molar-refractivity contribution in [3.8, 4) is 5.75 Å². The van der Waals surface area contributed by atoms with Crippen LogP contribution in [0.15, 0.2) is 54.6 Å². The Morgan fingerprint density at radius 2 is 1.62 bits per heavy atom. The molecule has 0 radical (unpaired) electrons. The van der Waals surface area contributed by atoms with Crippen LogP contribution in [0.3, 0.4) is 0 Å². The van der Waals surface area contributed by atoms with Crippen LogP contribution < -0.4 is 26.0 Å². The van der Waals surface area contributed by atoms with Gasteiger partial charge in [0, 0.05) is 19.5 Å². The smallest absolute Gasteiger partial charge is 0.246 e. The van der Waals surface area contributed by atoms with Crippen molar-refractivity contribution < 1.29 is 19.1 Å². The minimum absolute atomic E-state index is 0.225. The maximum absolute atomic E-state index is 13.6. The van der Waals surface area contributed by atoms with Crippen LogP contribution in [-0.4, -0.2) is 55.0 Å². The molecule has 1 heterocycles. The molecule has 8 heteroatoms. The highest BCUT2D eigenvalue weighted by atomic mass is 16.5. The molecular formula is C29H38N4O4. The molecule has 2 aliphatic rings. The third kappa shape index (κ3) is 7.10. The SMILES string of the molecule is C[C@@H]1NCCOc2ccccc2CCCNC(=O)[C@H](Cc2ccccc2)NC(=O)C2(CCCC2)NC1=O. The number of carbonyl (C=O) groups excluding carboxylic acids is 3. The van der Waals surface area contributed by atoms with Crippen LogP contribution in [-0.2, 0) is 27.2 Å². The summed E-state index contributed by atoms with van der Waals surface area (Å²) in [5.41, 5.74) is 1.02. The van der Waals surface area contributed by atoms with Crippen molar-refractivity contribution in [1.29, 1.82) is 0 Å². The van der Waals surface area contributed by atoms with Crippen molar-refractivity contribution in [3.63, 3.8) is 0 Å². The topological polar surface area (TPSA) is 109 Å². The first-order chi connectivity index (χ1) is 18.0. The predicted molar refractivity (Wildman–Crippen MR) is 142 cm³/mol. The van der Waals surface area contributed by atoms with E-state index in [1.807, 2.05) is 54.6 Å². The molecular weight excluding hydrogens is 468 g/mol. The zero-order valence-corrected chi connectivity index (χ0v) is 21.6. The molecule has 1 fully saturated rings. The Hall–Kier alpha value is -3.39. The molecule has 1 saturated carbocycles. The van der Waals surface area contributed by atoms with Crippen molar-refractivity contribution in [2.24, 2.45) is 0 Å². The summed E-state index contributed by atoms with van der Waals surface area (Å²) in [6.45, 7) is 3.18. The van der Waals surface area contributed by atoms with Crippen LogP contribution >= 0.6 is 0 Å². The zero-order valence-electron chi connectivity index (χ0n) is 21.6. The first-order valence-electron chi connectivity index (χ1n) is 13.4. The molecule has 0 bridgehead atoms. The first-order valence-corrected chi connectivity index (χ1v) is 13.4. The molecule has 2 aromatic carbocycles. The van der Waals surface area contributed by atoms with Crippen molar-refractivity contribution in [2.75, 3.05) is 19.7 Å². The van der Waals surface area contributed by atoms with Crippen molar-refractivity contribution >= 4 is 17.7 Å². The van der Waals surface area contributed by atoms with Gasteiger partial charge in [-0.3, -0.25) is 14.4 Å². The van der Waals surface area contributed by atoms with Gasteiger partial charge in [-0.15, -0.1) is 0 Å². The summed E-state index contributed by atoms with van der Waals surface area (Å²) in [5, 5.41) is 12.2. The second-order valence-corrected chi connectivity index (χ2v) is 10.0. The third-order valence-corrected chi connectivity index (χ3v) is 7.26. The van der Waals surface area contributed by atoms with E-state index >= 15 is 0 Å². The molecule has 3 amide bonds. The molecule has 37 heavy (non-hydrogen) atoms. The van der Waals surface area contributed by atoms with Gasteiger partial charge in [-0.25, -0.2) is 0 Å². The van der Waals surface area contributed by atoms with Gasteiger partial charge in [-0.2, -0.15) is 0 Å². The van der Waals surface area contributed by atoms with E-state index in [9.17, 15) is 14.4 Å². The van der Waals surface area contributed by atoms with Crippen LogP contribution in [0, 0.1) is 0 Å². The summed E-state index contributed by atoms with van der Waals surface area (Å²) in [6, 6.07) is 16.3. The Bertz CT molecular complexity index is 1070. The van der Waals surface area contributed by atoms with Crippen LogP contribution in [0.4, 0.5) is 0 Å². The van der Waals surface area contributed by atoms with Crippen LogP contribution in [0.2, 0.25) is 0 Å². The maximum atomic E-state index is 13.6. The average Bonchev–Trinajstić information content (AvgIpc) is 3.39. The van der Waals surface area contributed by atoms with E-state index in [2.05, 4.69) is 21.3 Å². The molecule has 1 aliphatic heterocycles. The number of hydrogen-bond acceptors (Lipinski definition) is 5. The van der Waals surface area contributed by atoms with Gasteiger partial charge >= 0.3 is 0 Å². The molecule has 2 atom stereocenters. The number of aryl methyl sites for hydroxylation is 1. The lowest BCUT2D eigenvalue weighted by Crippen LogP contribution is -2.63. The van der Waals surface area contributed by atoms with E-state index in [1.165, 1.54) is 0 Å². The minimum Gasteiger partial charge on any atom is -0.492 e. The quantitative estimate of drug-likeness (QED) is 0.500. The van der Waals surface area contributed by atoms with Gasteiger partial charge in [0.1, 0.15) is 23.9 Å². The summed E-state index contributed by atoms with van der Waals surface area (Å²) >= 11 is 0. The Balaban J connectivity index is 1.55. The molecule has 0 unspecified atom stereocenters. The summed E-state index contributed by atoms with van der Waals surface area (Å²) in [7, 11) is 0. The molecule has 198 valence electrons. The lowest BCUT2D eigenvalue weighted by atomic mass is 9.94. The van der Waals surface area contributed by atoms with Crippen molar-refractivity contribution in [2.45, 2.75) is 69.5 Å². The largest absolute Gasteiger partial charge is 0.492 e. The van der Waals surface area contributed by atoms with Crippen LogP contribution in [0.25, 0.3) is 0 Å². The molecule has 1 aliphatic carbocycles. The number of amides is 3. The second kappa shape index (κ2) is 12.7. The molecule has 8 nitrogen and oxygen atoms in total. The van der Waals surface area contributed by atoms with Gasteiger partial charge in [0.15, 0.2) is 0 Å². The third-order valence-electron chi connectivity index (χ3n) is 7.26. The lowest BCUT2D eigenvalue weighted by molar-refractivity contribution is -0.136. The average molecular weight is 507 g/mol. The van der Waals surface area contributed by atoms with E-state index in [4.69, 9.17) is 4.74 Å². The Morgan fingerprint density at radius 1 is 0.892 bits per heavy atom. The van der Waals surface area contributed by atoms with E-state index in [1.54, 1.807) is 6.92 Å². The number of carbonyl (C=O) groups is 3. The fraction of sp³-hybridized carbons (Fsp3) is 0.483. The van der Waals surface area contributed by atoms with Gasteiger partial charge in [0.25, 0.3) is 0 Å². The second-order valence-electron chi connectivity index (χ2n) is 10.0. The standard InChI is InChI=1S/C29H38N4O4/c1-21-26(34)33-29(15-7-8-16-29)28(36)32-24(20-22-10-3-2-4-11-22)27(35)31-17-9-13-23-12-5-6-14-25(23)37-19-18-30-21/h2-6,10-12,14,21,24,30H,7-9,13,15-20H2,1H3,(H,31,35)(H,32,36)(H,33,34)/t21-,24-/m0/s1. The zero-order chi connectivity index (χ0) is 26.1. The fourth-order valence-electron chi connectivity index (χ4n) is 5.08. The predicted octanol–water partition coefficient (Wildman–Crippen LogP) is 2.26. The highest BCUT2D eigenvalue weighted by Gasteiger charge is 2.44. The Kier molecular flexibility index (Phi) is 9.17. The van der Waals surface area contributed by atoms with E-state index in [0.29, 0.717) is 39.0 Å². The maximum Gasteiger partial charge on any atom is 0.246 e. The highest BCUT2D eigenvalue weighted by Crippen LogP contribution is 2.30. The van der Waals surface area contributed by atoms with Gasteiger partial charge in [0.2, 0.25) is 17.7 Å². The van der Waals surface area contributed by atoms with Gasteiger partial charge in [0.05, 0.1) is 6.04 Å². The monoisotopic (exact) mass is 506 g/mol. The van der Waals surface area contributed by atoms with Crippen molar-refractivity contribution in [1.82, 2.24) is 21.3 Å². The number of fused-ring (bicyclic) bond motifs is 1. The number of ether oxygens (including phenoxy) is 1. The summed E-state index contributed by atoms with van der Waals surface area (Å²) < 4.78 is 5.99. The fourth-order valence-corrected chi connectivity index (χ4v) is 5.08. The highest BCUT2D eigenvalue weighted by molar-refractivity contribution is 5.96. The summed E-state index contributed by atoms with van der Waals surface area (Å²) in [4.78, 5) is 40.0. The summed E-state index contributed by atoms with van der Waals surface area (Å²) in [5.74, 6) is 0.0629. The Labute approximate surface area is 218 Å². The first kappa shape index (κ1) is 26.7. The number of para-hydroxylation sites is 1. The van der Waals surface area contributed by atoms with E-state index in [-0.39, 0.29) is 17.7 Å². The van der Waals surface area contributed by atoms with Gasteiger partial charge < -0.3 is 26.0 Å². The normalized spacial score (nSPS) is 23.5. The number of rotatable bonds is 2. The molecule has 2 aromatic rings. The van der Waals surface area contributed by atoms with Gasteiger partial charge in [-0.05, 0) is 49.8 Å². The minimum atomic E-state index is -1.01. The number of nitrogens with one attached hydrogen (secondary N) is 4. The van der Waals surface area contributed by atoms with E-state index < -0.39 is 17.6 Å². The van der Waals surface area contributed by atoms with Crippen molar-refractivity contribution in [3.05, 3.63) is 65.7 Å². The molecule has 4 rings (SSSR count). The number of hydrogen-bond donors (Lipinski definition) is 4. The van der Waals surface area contributed by atoms with Crippen LogP contribution in [0.5, 0.6) is 5.75 Å². The lowest BCUT2D eigenvalue weighted by Gasteiger charge is -2.32. The molecule has 0 aromatic heterocycles. The molecule has 4 N–H and O–H groups in total. The van der Waals surface area contributed by atoms with E-state index in [0.717, 1.165) is 42.6 Å². The molecule has 0 saturated heterocycles. The Morgan fingerprint density at radius 3 is 2.41 bits per heavy atom. The van der Waals surface area contributed by atoms with Gasteiger partial charge in [-0.1, -0.05) is 61.4 Å². The number of benzene rings is 2. The van der Waals surface area contributed by atoms with Crippen LogP contribution in [0.1, 0.15) is 50.2 Å².